The highest BCUT2D eigenvalue weighted by Crippen LogP contribution is 2.24. The SMILES string of the molecule is Cc1cc(=O)oc2cc(OC(=O)Cc3ccc(Cl)c(Cl)c3)ccc12. The molecule has 2 aromatic carbocycles. The normalized spacial score (nSPS) is 10.8. The third kappa shape index (κ3) is 3.61. The third-order valence-electron chi connectivity index (χ3n) is 3.49. The van der Waals surface area contributed by atoms with Gasteiger partial charge in [-0.15, -0.1) is 0 Å². The fourth-order valence-corrected chi connectivity index (χ4v) is 2.67. The number of rotatable bonds is 3. The minimum atomic E-state index is -0.456. The van der Waals surface area contributed by atoms with Gasteiger partial charge in [0.2, 0.25) is 0 Å². The number of ether oxygens (including phenoxy) is 1. The molecule has 24 heavy (non-hydrogen) atoms. The van der Waals surface area contributed by atoms with Crippen LogP contribution in [0.25, 0.3) is 11.0 Å². The number of carbonyl (C=O) groups excluding carboxylic acids is 1. The smallest absolute Gasteiger partial charge is 0.336 e. The molecule has 0 radical (unpaired) electrons. The number of halogens is 2. The molecule has 1 aromatic heterocycles. The summed E-state index contributed by atoms with van der Waals surface area (Å²) in [6.07, 6.45) is 0.0483. The Hall–Kier alpha value is -2.30. The van der Waals surface area contributed by atoms with Crippen LogP contribution >= 0.6 is 23.2 Å². The molecule has 0 amide bonds. The highest BCUT2D eigenvalue weighted by atomic mass is 35.5. The zero-order valence-corrected chi connectivity index (χ0v) is 14.1. The summed E-state index contributed by atoms with van der Waals surface area (Å²) in [6, 6.07) is 11.3. The van der Waals surface area contributed by atoms with Gasteiger partial charge in [-0.3, -0.25) is 4.79 Å². The second-order valence-electron chi connectivity index (χ2n) is 5.31. The van der Waals surface area contributed by atoms with Crippen molar-refractivity contribution < 1.29 is 13.9 Å². The Morgan fingerprint density at radius 1 is 1.08 bits per heavy atom. The van der Waals surface area contributed by atoms with Crippen molar-refractivity contribution in [3.05, 3.63) is 74.1 Å². The lowest BCUT2D eigenvalue weighted by Crippen LogP contribution is -2.11. The zero-order chi connectivity index (χ0) is 17.3. The van der Waals surface area contributed by atoms with Crippen molar-refractivity contribution in [1.82, 2.24) is 0 Å². The molecule has 4 nitrogen and oxygen atoms in total. The van der Waals surface area contributed by atoms with Gasteiger partial charge in [0.15, 0.2) is 0 Å². The van der Waals surface area contributed by atoms with E-state index < -0.39 is 11.6 Å². The summed E-state index contributed by atoms with van der Waals surface area (Å²) in [6.45, 7) is 1.81. The lowest BCUT2D eigenvalue weighted by Gasteiger charge is -2.07. The van der Waals surface area contributed by atoms with Gasteiger partial charge in [0.05, 0.1) is 16.5 Å². The van der Waals surface area contributed by atoms with E-state index in [1.807, 2.05) is 6.92 Å². The fraction of sp³-hybridized carbons (Fsp3) is 0.111. The summed E-state index contributed by atoms with van der Waals surface area (Å²) in [7, 11) is 0. The maximum absolute atomic E-state index is 12.1. The van der Waals surface area contributed by atoms with Gasteiger partial charge in [0.25, 0.3) is 0 Å². The lowest BCUT2D eigenvalue weighted by atomic mass is 10.1. The van der Waals surface area contributed by atoms with Crippen molar-refractivity contribution in [2.75, 3.05) is 0 Å². The Morgan fingerprint density at radius 2 is 1.88 bits per heavy atom. The summed E-state index contributed by atoms with van der Waals surface area (Å²) in [5.74, 6) is -0.149. The molecule has 0 saturated heterocycles. The van der Waals surface area contributed by atoms with E-state index in [1.54, 1.807) is 30.3 Å². The van der Waals surface area contributed by atoms with Gasteiger partial charge in [-0.1, -0.05) is 29.3 Å². The van der Waals surface area contributed by atoms with Crippen LogP contribution in [-0.4, -0.2) is 5.97 Å². The molecule has 3 aromatic rings. The van der Waals surface area contributed by atoms with Gasteiger partial charge in [-0.05, 0) is 42.3 Å². The van der Waals surface area contributed by atoms with Crippen LogP contribution in [0.3, 0.4) is 0 Å². The molecule has 0 fully saturated rings. The molecular weight excluding hydrogens is 351 g/mol. The van der Waals surface area contributed by atoms with Crippen molar-refractivity contribution in [3.8, 4) is 5.75 Å². The summed E-state index contributed by atoms with van der Waals surface area (Å²) in [4.78, 5) is 23.5. The standard InChI is InChI=1S/C18H12Cl2O4/c1-10-6-17(21)24-16-9-12(3-4-13(10)16)23-18(22)8-11-2-5-14(19)15(20)7-11/h2-7,9H,8H2,1H3. The lowest BCUT2D eigenvalue weighted by molar-refractivity contribution is -0.133. The highest BCUT2D eigenvalue weighted by molar-refractivity contribution is 6.42. The molecule has 0 saturated carbocycles. The molecule has 0 aliphatic rings. The van der Waals surface area contributed by atoms with E-state index in [2.05, 4.69) is 0 Å². The largest absolute Gasteiger partial charge is 0.426 e. The second-order valence-corrected chi connectivity index (χ2v) is 6.12. The van der Waals surface area contributed by atoms with Gasteiger partial charge < -0.3 is 9.15 Å². The van der Waals surface area contributed by atoms with Crippen molar-refractivity contribution in [2.24, 2.45) is 0 Å². The number of carbonyl (C=O) groups is 1. The molecule has 0 aliphatic carbocycles. The van der Waals surface area contributed by atoms with Crippen LogP contribution in [0.5, 0.6) is 5.75 Å². The Balaban J connectivity index is 1.80. The number of fused-ring (bicyclic) bond motifs is 1. The summed E-state index contributed by atoms with van der Waals surface area (Å²) in [5, 5.41) is 1.59. The molecule has 0 N–H and O–H groups in total. The second kappa shape index (κ2) is 6.67. The van der Waals surface area contributed by atoms with Gasteiger partial charge >= 0.3 is 11.6 Å². The summed E-state index contributed by atoms with van der Waals surface area (Å²) in [5.41, 5.74) is 1.42. The first-order valence-corrected chi connectivity index (χ1v) is 7.87. The monoisotopic (exact) mass is 362 g/mol. The summed E-state index contributed by atoms with van der Waals surface area (Å²) < 4.78 is 10.4. The highest BCUT2D eigenvalue weighted by Gasteiger charge is 2.10. The molecule has 0 unspecified atom stereocenters. The van der Waals surface area contributed by atoms with Crippen molar-refractivity contribution >= 4 is 40.1 Å². The molecular formula is C18H12Cl2O4. The maximum Gasteiger partial charge on any atom is 0.336 e. The number of esters is 1. The summed E-state index contributed by atoms with van der Waals surface area (Å²) >= 11 is 11.8. The number of hydrogen-bond donors (Lipinski definition) is 0. The third-order valence-corrected chi connectivity index (χ3v) is 4.23. The number of hydrogen-bond acceptors (Lipinski definition) is 4. The van der Waals surface area contributed by atoms with Crippen LogP contribution in [0.15, 0.2) is 51.7 Å². The van der Waals surface area contributed by atoms with Gasteiger partial charge in [0, 0.05) is 17.5 Å². The number of aryl methyl sites for hydroxylation is 1. The Labute approximate surface area is 147 Å². The first kappa shape index (κ1) is 16.6. The van der Waals surface area contributed by atoms with E-state index in [-0.39, 0.29) is 6.42 Å². The number of benzene rings is 2. The predicted octanol–water partition coefficient (Wildman–Crippen LogP) is 4.56. The minimum Gasteiger partial charge on any atom is -0.426 e. The fourth-order valence-electron chi connectivity index (χ4n) is 2.35. The molecule has 6 heteroatoms. The first-order valence-electron chi connectivity index (χ1n) is 7.11. The van der Waals surface area contributed by atoms with Crippen molar-refractivity contribution in [3.63, 3.8) is 0 Å². The average molecular weight is 363 g/mol. The van der Waals surface area contributed by atoms with Crippen LogP contribution in [0.2, 0.25) is 10.0 Å². The van der Waals surface area contributed by atoms with Crippen LogP contribution < -0.4 is 10.4 Å². The molecule has 0 aliphatic heterocycles. The Bertz CT molecular complexity index is 992. The average Bonchev–Trinajstić information content (AvgIpc) is 2.50. The molecule has 0 spiro atoms. The minimum absolute atomic E-state index is 0.0483. The van der Waals surface area contributed by atoms with E-state index in [1.165, 1.54) is 12.1 Å². The van der Waals surface area contributed by atoms with E-state index in [4.69, 9.17) is 32.4 Å². The van der Waals surface area contributed by atoms with Gasteiger partial charge in [-0.2, -0.15) is 0 Å². The maximum atomic E-state index is 12.1. The van der Waals surface area contributed by atoms with E-state index in [9.17, 15) is 9.59 Å². The molecule has 0 atom stereocenters. The Morgan fingerprint density at radius 3 is 2.62 bits per heavy atom. The zero-order valence-electron chi connectivity index (χ0n) is 12.6. The first-order chi connectivity index (χ1) is 11.4. The molecule has 0 bridgehead atoms. The van der Waals surface area contributed by atoms with Gasteiger partial charge in [-0.25, -0.2) is 4.79 Å². The predicted molar refractivity (Wildman–Crippen MR) is 93.0 cm³/mol. The Kier molecular flexibility index (Phi) is 4.60. The van der Waals surface area contributed by atoms with Crippen molar-refractivity contribution in [2.45, 2.75) is 13.3 Å². The molecule has 3 rings (SSSR count). The molecule has 122 valence electrons. The van der Waals surface area contributed by atoms with Crippen LogP contribution in [0.1, 0.15) is 11.1 Å². The van der Waals surface area contributed by atoms with E-state index in [0.29, 0.717) is 26.9 Å². The van der Waals surface area contributed by atoms with Crippen molar-refractivity contribution in [1.29, 1.82) is 0 Å². The molecule has 1 heterocycles. The van der Waals surface area contributed by atoms with E-state index in [0.717, 1.165) is 10.9 Å². The van der Waals surface area contributed by atoms with Gasteiger partial charge in [0.1, 0.15) is 11.3 Å². The van der Waals surface area contributed by atoms with Crippen LogP contribution in [-0.2, 0) is 11.2 Å². The quantitative estimate of drug-likeness (QED) is 0.389. The topological polar surface area (TPSA) is 56.5 Å². The van der Waals surface area contributed by atoms with Crippen LogP contribution in [0.4, 0.5) is 0 Å². The van der Waals surface area contributed by atoms with Crippen LogP contribution in [0, 0.1) is 6.92 Å². The van der Waals surface area contributed by atoms with E-state index >= 15 is 0 Å².